The maximum Gasteiger partial charge on any atom is 0.0110 e. The van der Waals surface area contributed by atoms with Gasteiger partial charge in [0.15, 0.2) is 0 Å². The highest BCUT2D eigenvalue weighted by atomic mass is 15.2. The highest BCUT2D eigenvalue weighted by molar-refractivity contribution is 4.86. The molecule has 0 aromatic carbocycles. The van der Waals surface area contributed by atoms with Gasteiger partial charge in [-0.3, -0.25) is 0 Å². The largest absolute Gasteiger partial charge is 0.317 e. The molecule has 90 valence electrons. The van der Waals surface area contributed by atoms with E-state index in [9.17, 15) is 0 Å². The second kappa shape index (κ2) is 5.86. The van der Waals surface area contributed by atoms with Gasteiger partial charge in [0, 0.05) is 18.1 Å². The maximum absolute atomic E-state index is 3.40. The summed E-state index contributed by atoms with van der Waals surface area (Å²) in [6.07, 6.45) is 5.36. The van der Waals surface area contributed by atoms with Gasteiger partial charge in [-0.15, -0.1) is 0 Å². The molecule has 15 heavy (non-hydrogen) atoms. The highest BCUT2D eigenvalue weighted by Crippen LogP contribution is 2.25. The van der Waals surface area contributed by atoms with Crippen LogP contribution in [0.15, 0.2) is 0 Å². The lowest BCUT2D eigenvalue weighted by Crippen LogP contribution is -2.38. The first-order chi connectivity index (χ1) is 7.04. The van der Waals surface area contributed by atoms with Crippen molar-refractivity contribution < 1.29 is 0 Å². The maximum atomic E-state index is 3.40. The lowest BCUT2D eigenvalue weighted by molar-refractivity contribution is 0.165. The molecule has 0 saturated heterocycles. The molecule has 2 heteroatoms. The molecule has 2 nitrogen and oxygen atoms in total. The fourth-order valence-corrected chi connectivity index (χ4v) is 2.80. The Kier molecular flexibility index (Phi) is 5.07. The van der Waals surface area contributed by atoms with Crippen LogP contribution in [-0.2, 0) is 0 Å². The van der Waals surface area contributed by atoms with Gasteiger partial charge in [-0.2, -0.15) is 0 Å². The molecule has 1 saturated carbocycles. The molecule has 0 aromatic heterocycles. The van der Waals surface area contributed by atoms with E-state index in [0.29, 0.717) is 0 Å². The van der Waals surface area contributed by atoms with Crippen molar-refractivity contribution >= 4 is 0 Å². The zero-order valence-corrected chi connectivity index (χ0v) is 11.1. The monoisotopic (exact) mass is 212 g/mol. The first kappa shape index (κ1) is 13.0. The van der Waals surface area contributed by atoms with E-state index in [1.54, 1.807) is 0 Å². The lowest BCUT2D eigenvalue weighted by Gasteiger charge is -2.31. The summed E-state index contributed by atoms with van der Waals surface area (Å²) in [4.78, 5) is 2.59. The third-order valence-electron chi connectivity index (χ3n) is 3.90. The normalized spacial score (nSPS) is 29.0. The van der Waals surface area contributed by atoms with E-state index >= 15 is 0 Å². The van der Waals surface area contributed by atoms with Gasteiger partial charge in [0.05, 0.1) is 0 Å². The van der Waals surface area contributed by atoms with Crippen LogP contribution in [0.1, 0.15) is 46.5 Å². The molecule has 0 heterocycles. The van der Waals surface area contributed by atoms with Crippen LogP contribution in [0.4, 0.5) is 0 Å². The van der Waals surface area contributed by atoms with Gasteiger partial charge in [0.25, 0.3) is 0 Å². The summed E-state index contributed by atoms with van der Waals surface area (Å²) in [5.41, 5.74) is 0. The molecule has 1 N–H and O–H groups in total. The molecular formula is C13H28N2. The molecule has 0 aliphatic heterocycles. The molecule has 1 aliphatic rings. The molecule has 1 fully saturated rings. The van der Waals surface area contributed by atoms with Gasteiger partial charge >= 0.3 is 0 Å². The van der Waals surface area contributed by atoms with Gasteiger partial charge in [0.1, 0.15) is 0 Å². The second-order valence-electron chi connectivity index (χ2n) is 5.60. The Balaban J connectivity index is 2.36. The molecular weight excluding hydrogens is 184 g/mol. The Labute approximate surface area is 95.4 Å². The van der Waals surface area contributed by atoms with E-state index in [-0.39, 0.29) is 0 Å². The minimum absolute atomic E-state index is 0.727. The fourth-order valence-electron chi connectivity index (χ4n) is 2.80. The van der Waals surface area contributed by atoms with Crippen LogP contribution < -0.4 is 5.32 Å². The molecule has 3 atom stereocenters. The van der Waals surface area contributed by atoms with Crippen molar-refractivity contribution in [2.75, 3.05) is 14.1 Å². The van der Waals surface area contributed by atoms with Crippen LogP contribution in [0, 0.1) is 5.92 Å². The third kappa shape index (κ3) is 3.76. The molecule has 0 amide bonds. The SMILES string of the molecule is CNC1CCC(N(C)C(C)CC(C)C)C1. The average Bonchev–Trinajstić information content (AvgIpc) is 2.63. The van der Waals surface area contributed by atoms with Crippen molar-refractivity contribution in [1.29, 1.82) is 0 Å². The van der Waals surface area contributed by atoms with Crippen molar-refractivity contribution in [1.82, 2.24) is 10.2 Å². The minimum Gasteiger partial charge on any atom is -0.317 e. The molecule has 0 spiro atoms. The zero-order chi connectivity index (χ0) is 11.4. The van der Waals surface area contributed by atoms with Gasteiger partial charge in [-0.1, -0.05) is 13.8 Å². The molecule has 1 aliphatic carbocycles. The topological polar surface area (TPSA) is 15.3 Å². The van der Waals surface area contributed by atoms with Gasteiger partial charge in [-0.05, 0) is 52.6 Å². The van der Waals surface area contributed by atoms with Crippen LogP contribution in [0.5, 0.6) is 0 Å². The van der Waals surface area contributed by atoms with E-state index in [4.69, 9.17) is 0 Å². The fraction of sp³-hybridized carbons (Fsp3) is 1.00. The molecule has 3 unspecified atom stereocenters. The van der Waals surface area contributed by atoms with Gasteiger partial charge in [0.2, 0.25) is 0 Å². The molecule has 0 bridgehead atoms. The smallest absolute Gasteiger partial charge is 0.0110 e. The third-order valence-corrected chi connectivity index (χ3v) is 3.90. The molecule has 0 aromatic rings. The number of rotatable bonds is 5. The van der Waals surface area contributed by atoms with Crippen LogP contribution >= 0.6 is 0 Å². The van der Waals surface area contributed by atoms with E-state index in [0.717, 1.165) is 24.0 Å². The first-order valence-electron chi connectivity index (χ1n) is 6.43. The summed E-state index contributed by atoms with van der Waals surface area (Å²) in [6.45, 7) is 7.00. The summed E-state index contributed by atoms with van der Waals surface area (Å²) >= 11 is 0. The number of nitrogens with one attached hydrogen (secondary N) is 1. The predicted octanol–water partition coefficient (Wildman–Crippen LogP) is 2.49. The summed E-state index contributed by atoms with van der Waals surface area (Å²) in [5.74, 6) is 0.809. The summed E-state index contributed by atoms with van der Waals surface area (Å²) < 4.78 is 0. The summed E-state index contributed by atoms with van der Waals surface area (Å²) in [7, 11) is 4.39. The second-order valence-corrected chi connectivity index (χ2v) is 5.60. The summed E-state index contributed by atoms with van der Waals surface area (Å²) in [5, 5.41) is 3.40. The van der Waals surface area contributed by atoms with Crippen molar-refractivity contribution in [3.63, 3.8) is 0 Å². The Morgan fingerprint density at radius 3 is 2.40 bits per heavy atom. The van der Waals surface area contributed by atoms with Crippen molar-refractivity contribution in [3.05, 3.63) is 0 Å². The van der Waals surface area contributed by atoms with Gasteiger partial charge in [-0.25, -0.2) is 0 Å². The van der Waals surface area contributed by atoms with Crippen LogP contribution in [0.2, 0.25) is 0 Å². The number of nitrogens with zero attached hydrogens (tertiary/aromatic N) is 1. The van der Waals surface area contributed by atoms with E-state index in [1.807, 2.05) is 0 Å². The standard InChI is InChI=1S/C13H28N2/c1-10(2)8-11(3)15(5)13-7-6-12(9-13)14-4/h10-14H,6-9H2,1-5H3. The molecule has 0 radical (unpaired) electrons. The Hall–Kier alpha value is -0.0800. The minimum atomic E-state index is 0.727. The van der Waals surface area contributed by atoms with Gasteiger partial charge < -0.3 is 10.2 Å². The van der Waals surface area contributed by atoms with Crippen LogP contribution in [0.3, 0.4) is 0 Å². The van der Waals surface area contributed by atoms with Crippen LogP contribution in [0.25, 0.3) is 0 Å². The highest BCUT2D eigenvalue weighted by Gasteiger charge is 2.28. The quantitative estimate of drug-likeness (QED) is 0.753. The average molecular weight is 212 g/mol. The summed E-state index contributed by atoms with van der Waals surface area (Å²) in [6, 6.07) is 2.28. The Morgan fingerprint density at radius 1 is 1.27 bits per heavy atom. The van der Waals surface area contributed by atoms with E-state index in [2.05, 4.69) is 45.1 Å². The van der Waals surface area contributed by atoms with E-state index in [1.165, 1.54) is 25.7 Å². The first-order valence-corrected chi connectivity index (χ1v) is 6.43. The number of hydrogen-bond acceptors (Lipinski definition) is 2. The van der Waals surface area contributed by atoms with Crippen molar-refractivity contribution in [2.45, 2.75) is 64.6 Å². The molecule has 1 rings (SSSR count). The van der Waals surface area contributed by atoms with Crippen molar-refractivity contribution in [2.24, 2.45) is 5.92 Å². The van der Waals surface area contributed by atoms with Crippen molar-refractivity contribution in [3.8, 4) is 0 Å². The number of hydrogen-bond donors (Lipinski definition) is 1. The lowest BCUT2D eigenvalue weighted by atomic mass is 10.0. The van der Waals surface area contributed by atoms with E-state index < -0.39 is 0 Å². The zero-order valence-electron chi connectivity index (χ0n) is 11.1. The predicted molar refractivity (Wildman–Crippen MR) is 67.2 cm³/mol. The Bertz CT molecular complexity index is 179. The van der Waals surface area contributed by atoms with Crippen LogP contribution in [-0.4, -0.2) is 37.1 Å². The Morgan fingerprint density at radius 2 is 1.93 bits per heavy atom.